The first kappa shape index (κ1) is 16.2. The molecule has 7 nitrogen and oxygen atoms in total. The van der Waals surface area contributed by atoms with E-state index in [9.17, 15) is 4.79 Å². The maximum Gasteiger partial charge on any atom is 0.239 e. The second kappa shape index (κ2) is 8.31. The standard InChI is InChI=1S/C13H24N6O/c1-4-7-10-12(18-14)16-9-17-13(10)19(6-3)8-11(20)15-5-2/h9H,4-8,14H2,1-3H3,(H,15,20)(H,16,17,18). The number of aromatic nitrogens is 2. The highest BCUT2D eigenvalue weighted by Crippen LogP contribution is 2.24. The fourth-order valence-corrected chi connectivity index (χ4v) is 2.04. The van der Waals surface area contributed by atoms with Crippen molar-refractivity contribution in [2.24, 2.45) is 5.84 Å². The molecule has 1 aromatic rings. The van der Waals surface area contributed by atoms with Crippen molar-refractivity contribution in [1.82, 2.24) is 15.3 Å². The number of hydrazine groups is 1. The first-order valence-electron chi connectivity index (χ1n) is 6.99. The molecule has 1 heterocycles. The highest BCUT2D eigenvalue weighted by Gasteiger charge is 2.17. The maximum atomic E-state index is 11.8. The van der Waals surface area contributed by atoms with E-state index in [-0.39, 0.29) is 12.5 Å². The number of nitrogens with one attached hydrogen (secondary N) is 2. The molecular weight excluding hydrogens is 256 g/mol. The van der Waals surface area contributed by atoms with Crippen LogP contribution in [-0.4, -0.2) is 35.5 Å². The van der Waals surface area contributed by atoms with Gasteiger partial charge in [0.05, 0.1) is 6.54 Å². The zero-order valence-electron chi connectivity index (χ0n) is 12.4. The van der Waals surface area contributed by atoms with Gasteiger partial charge < -0.3 is 15.6 Å². The summed E-state index contributed by atoms with van der Waals surface area (Å²) in [5.41, 5.74) is 3.55. The average molecular weight is 280 g/mol. The summed E-state index contributed by atoms with van der Waals surface area (Å²) in [6, 6.07) is 0. The molecule has 7 heteroatoms. The molecule has 0 fully saturated rings. The number of carbonyl (C=O) groups is 1. The molecule has 20 heavy (non-hydrogen) atoms. The second-order valence-corrected chi connectivity index (χ2v) is 4.39. The van der Waals surface area contributed by atoms with Crippen molar-refractivity contribution < 1.29 is 4.79 Å². The molecule has 0 atom stereocenters. The molecule has 0 saturated carbocycles. The monoisotopic (exact) mass is 280 g/mol. The maximum absolute atomic E-state index is 11.8. The third kappa shape index (κ3) is 4.06. The van der Waals surface area contributed by atoms with Gasteiger partial charge >= 0.3 is 0 Å². The summed E-state index contributed by atoms with van der Waals surface area (Å²) < 4.78 is 0. The van der Waals surface area contributed by atoms with Crippen LogP contribution in [0.2, 0.25) is 0 Å². The summed E-state index contributed by atoms with van der Waals surface area (Å²) >= 11 is 0. The van der Waals surface area contributed by atoms with Crippen LogP contribution in [0.3, 0.4) is 0 Å². The van der Waals surface area contributed by atoms with E-state index in [0.717, 1.165) is 24.2 Å². The number of nitrogens with two attached hydrogens (primary N) is 1. The predicted molar refractivity (Wildman–Crippen MR) is 80.4 cm³/mol. The lowest BCUT2D eigenvalue weighted by Crippen LogP contribution is -2.38. The SMILES string of the molecule is CCCc1c(NN)ncnc1N(CC)CC(=O)NCC. The molecule has 0 spiro atoms. The number of carbonyl (C=O) groups excluding carboxylic acids is 1. The summed E-state index contributed by atoms with van der Waals surface area (Å²) in [6.45, 7) is 7.57. The van der Waals surface area contributed by atoms with E-state index in [1.165, 1.54) is 6.33 Å². The Kier molecular flexibility index (Phi) is 6.72. The molecule has 1 aromatic heterocycles. The van der Waals surface area contributed by atoms with Crippen molar-refractivity contribution in [3.63, 3.8) is 0 Å². The lowest BCUT2D eigenvalue weighted by molar-refractivity contribution is -0.119. The van der Waals surface area contributed by atoms with E-state index in [4.69, 9.17) is 5.84 Å². The van der Waals surface area contributed by atoms with Crippen molar-refractivity contribution in [3.05, 3.63) is 11.9 Å². The quantitative estimate of drug-likeness (QED) is 0.478. The largest absolute Gasteiger partial charge is 0.355 e. The van der Waals surface area contributed by atoms with Gasteiger partial charge in [0.1, 0.15) is 18.0 Å². The molecular formula is C13H24N6O. The summed E-state index contributed by atoms with van der Waals surface area (Å²) in [5.74, 6) is 6.87. The van der Waals surface area contributed by atoms with Crippen LogP contribution in [-0.2, 0) is 11.2 Å². The molecule has 0 saturated heterocycles. The smallest absolute Gasteiger partial charge is 0.239 e. The van der Waals surface area contributed by atoms with Crippen LogP contribution in [0.4, 0.5) is 11.6 Å². The molecule has 4 N–H and O–H groups in total. The van der Waals surface area contributed by atoms with Gasteiger partial charge in [-0.25, -0.2) is 15.8 Å². The normalized spacial score (nSPS) is 10.2. The van der Waals surface area contributed by atoms with E-state index in [2.05, 4.69) is 27.6 Å². The molecule has 0 aliphatic rings. The van der Waals surface area contributed by atoms with Gasteiger partial charge in [-0.3, -0.25) is 4.79 Å². The van der Waals surface area contributed by atoms with E-state index >= 15 is 0 Å². The lowest BCUT2D eigenvalue weighted by atomic mass is 10.1. The van der Waals surface area contributed by atoms with Gasteiger partial charge in [0.15, 0.2) is 0 Å². The molecule has 0 aliphatic carbocycles. The van der Waals surface area contributed by atoms with Crippen LogP contribution in [0.15, 0.2) is 6.33 Å². The minimum Gasteiger partial charge on any atom is -0.355 e. The van der Waals surface area contributed by atoms with Crippen molar-refractivity contribution in [1.29, 1.82) is 0 Å². The van der Waals surface area contributed by atoms with Crippen molar-refractivity contribution >= 4 is 17.5 Å². The zero-order chi connectivity index (χ0) is 15.0. The Balaban J connectivity index is 3.04. The summed E-state index contributed by atoms with van der Waals surface area (Å²) in [4.78, 5) is 22.2. The topological polar surface area (TPSA) is 96.2 Å². The van der Waals surface area contributed by atoms with Crippen LogP contribution >= 0.6 is 0 Å². The van der Waals surface area contributed by atoms with Gasteiger partial charge in [-0.1, -0.05) is 13.3 Å². The highest BCUT2D eigenvalue weighted by atomic mass is 16.2. The second-order valence-electron chi connectivity index (χ2n) is 4.39. The minimum atomic E-state index is -0.0160. The number of hydrogen-bond donors (Lipinski definition) is 3. The predicted octanol–water partition coefficient (Wildman–Crippen LogP) is 0.677. The Bertz CT molecular complexity index is 437. The van der Waals surface area contributed by atoms with Crippen molar-refractivity contribution in [3.8, 4) is 0 Å². The number of hydrogen-bond acceptors (Lipinski definition) is 6. The van der Waals surface area contributed by atoms with E-state index < -0.39 is 0 Å². The molecule has 0 unspecified atom stereocenters. The first-order valence-corrected chi connectivity index (χ1v) is 6.99. The Morgan fingerprint density at radius 3 is 2.65 bits per heavy atom. The van der Waals surface area contributed by atoms with Gasteiger partial charge in [0, 0.05) is 18.7 Å². The average Bonchev–Trinajstić information content (AvgIpc) is 2.46. The number of nitrogens with zero attached hydrogens (tertiary/aromatic N) is 3. The third-order valence-electron chi connectivity index (χ3n) is 2.95. The fraction of sp³-hybridized carbons (Fsp3) is 0.615. The third-order valence-corrected chi connectivity index (χ3v) is 2.95. The van der Waals surface area contributed by atoms with Crippen LogP contribution in [0.1, 0.15) is 32.8 Å². The first-order chi connectivity index (χ1) is 9.67. The van der Waals surface area contributed by atoms with Crippen molar-refractivity contribution in [2.45, 2.75) is 33.6 Å². The molecule has 1 amide bonds. The number of likely N-dealkylation sites (N-methyl/N-ethyl adjacent to an activating group) is 2. The van der Waals surface area contributed by atoms with Crippen LogP contribution < -0.4 is 21.5 Å². The number of rotatable bonds is 8. The van der Waals surface area contributed by atoms with Crippen LogP contribution in [0.5, 0.6) is 0 Å². The minimum absolute atomic E-state index is 0.0160. The molecule has 0 bridgehead atoms. The van der Waals surface area contributed by atoms with Gasteiger partial charge in [0.25, 0.3) is 0 Å². The molecule has 0 aliphatic heterocycles. The van der Waals surface area contributed by atoms with Gasteiger partial charge in [0.2, 0.25) is 5.91 Å². The van der Waals surface area contributed by atoms with Gasteiger partial charge in [-0.2, -0.15) is 0 Å². The van der Waals surface area contributed by atoms with E-state index in [1.807, 2.05) is 18.7 Å². The van der Waals surface area contributed by atoms with Crippen LogP contribution in [0.25, 0.3) is 0 Å². The van der Waals surface area contributed by atoms with Gasteiger partial charge in [-0.05, 0) is 20.3 Å². The molecule has 0 aromatic carbocycles. The summed E-state index contributed by atoms with van der Waals surface area (Å²) in [6.07, 6.45) is 3.22. The summed E-state index contributed by atoms with van der Waals surface area (Å²) in [5, 5.41) is 2.80. The van der Waals surface area contributed by atoms with Gasteiger partial charge in [-0.15, -0.1) is 0 Å². The van der Waals surface area contributed by atoms with E-state index in [0.29, 0.717) is 18.9 Å². The Morgan fingerprint density at radius 1 is 1.35 bits per heavy atom. The molecule has 1 rings (SSSR count). The Hall–Kier alpha value is -1.89. The van der Waals surface area contributed by atoms with E-state index in [1.54, 1.807) is 0 Å². The highest BCUT2D eigenvalue weighted by molar-refractivity contribution is 5.81. The lowest BCUT2D eigenvalue weighted by Gasteiger charge is -2.24. The molecule has 112 valence electrons. The Labute approximate surface area is 119 Å². The number of amides is 1. The Morgan fingerprint density at radius 2 is 2.10 bits per heavy atom. The van der Waals surface area contributed by atoms with Crippen LogP contribution in [0, 0.1) is 0 Å². The number of nitrogen functional groups attached to an aromatic ring is 1. The molecule has 0 radical (unpaired) electrons. The summed E-state index contributed by atoms with van der Waals surface area (Å²) in [7, 11) is 0. The fourth-order valence-electron chi connectivity index (χ4n) is 2.04. The zero-order valence-corrected chi connectivity index (χ0v) is 12.4. The van der Waals surface area contributed by atoms with Crippen molar-refractivity contribution in [2.75, 3.05) is 30.0 Å². The number of anilines is 2.